The number of esters is 1. The lowest BCUT2D eigenvalue weighted by molar-refractivity contribution is -0.144. The van der Waals surface area contributed by atoms with Crippen LogP contribution in [0.25, 0.3) is 0 Å². The summed E-state index contributed by atoms with van der Waals surface area (Å²) >= 11 is 0. The Bertz CT molecular complexity index is 370. The molecule has 0 bridgehead atoms. The third kappa shape index (κ3) is 24.7. The van der Waals surface area contributed by atoms with Gasteiger partial charge in [0.05, 0.1) is 6.61 Å². The van der Waals surface area contributed by atoms with Crippen LogP contribution in [0.1, 0.15) is 40.5 Å². The van der Waals surface area contributed by atoms with E-state index >= 15 is 0 Å². The van der Waals surface area contributed by atoms with Gasteiger partial charge in [0.1, 0.15) is 18.7 Å². The summed E-state index contributed by atoms with van der Waals surface area (Å²) in [5, 5.41) is 16.1. The highest BCUT2D eigenvalue weighted by Crippen LogP contribution is 2.03. The van der Waals surface area contributed by atoms with Crippen LogP contribution >= 0.6 is 0 Å². The van der Waals surface area contributed by atoms with E-state index in [1.807, 2.05) is 27.7 Å². The molecule has 0 aromatic carbocycles. The molecule has 0 unspecified atom stereocenters. The molecule has 0 aliphatic carbocycles. The van der Waals surface area contributed by atoms with Crippen LogP contribution in [0.4, 0.5) is 0 Å². The average Bonchev–Trinajstić information content (AvgIpc) is 2.51. The maximum absolute atomic E-state index is 11.0. The predicted octanol–water partition coefficient (Wildman–Crippen LogP) is 1.70. The summed E-state index contributed by atoms with van der Waals surface area (Å²) in [6.07, 6.45) is 4.17. The largest absolute Gasteiger partial charge is 0.480 e. The first kappa shape index (κ1) is 28.1. The fourth-order valence-corrected chi connectivity index (χ4v) is 1.46. The highest BCUT2D eigenvalue weighted by atomic mass is 16.5. The molecule has 25 heavy (non-hydrogen) atoms. The molecule has 2 atom stereocenters. The number of carbonyl (C=O) groups excluding carboxylic acids is 1. The van der Waals surface area contributed by atoms with E-state index < -0.39 is 18.1 Å². The van der Waals surface area contributed by atoms with Crippen molar-refractivity contribution in [2.45, 2.75) is 52.6 Å². The molecule has 0 saturated carbocycles. The summed E-state index contributed by atoms with van der Waals surface area (Å²) in [4.78, 5) is 21.2. The highest BCUT2D eigenvalue weighted by molar-refractivity contribution is 5.75. The molecule has 6 N–H and O–H groups in total. The Balaban J connectivity index is -0.000000328. The Morgan fingerprint density at radius 2 is 1.40 bits per heavy atom. The van der Waals surface area contributed by atoms with Gasteiger partial charge in [-0.25, -0.2) is 0 Å². The van der Waals surface area contributed by atoms with Crippen LogP contribution in [0.5, 0.6) is 0 Å². The highest BCUT2D eigenvalue weighted by Gasteiger charge is 2.15. The molecule has 7 nitrogen and oxygen atoms in total. The first-order valence-electron chi connectivity index (χ1n) is 8.26. The summed E-state index contributed by atoms with van der Waals surface area (Å²) in [6, 6.07) is -1.19. The number of hydrogen-bond donors (Lipinski definition) is 4. The lowest BCUT2D eigenvalue weighted by atomic mass is 10.1. The van der Waals surface area contributed by atoms with Crippen molar-refractivity contribution in [3.05, 3.63) is 25.3 Å². The monoisotopic (exact) mass is 360 g/mol. The molecule has 7 heteroatoms. The second kappa shape index (κ2) is 18.6. The van der Waals surface area contributed by atoms with Gasteiger partial charge in [0, 0.05) is 0 Å². The number of ether oxygens (including phenoxy) is 1. The van der Waals surface area contributed by atoms with Crippen molar-refractivity contribution in [3.8, 4) is 0 Å². The summed E-state index contributed by atoms with van der Waals surface area (Å²) < 4.78 is 4.77. The smallest absolute Gasteiger partial charge is 0.323 e. The van der Waals surface area contributed by atoms with Gasteiger partial charge in [0.2, 0.25) is 0 Å². The van der Waals surface area contributed by atoms with Crippen molar-refractivity contribution >= 4 is 11.9 Å². The third-order valence-corrected chi connectivity index (χ3v) is 2.54. The minimum atomic E-state index is -0.913. The van der Waals surface area contributed by atoms with E-state index in [2.05, 4.69) is 13.2 Å². The molecule has 0 saturated heterocycles. The van der Waals surface area contributed by atoms with Crippen LogP contribution in [0.3, 0.4) is 0 Å². The Kier molecular flexibility index (Phi) is 21.0. The molecule has 0 aliphatic heterocycles. The van der Waals surface area contributed by atoms with Crippen LogP contribution in [0.2, 0.25) is 0 Å². The van der Waals surface area contributed by atoms with E-state index in [-0.39, 0.29) is 19.2 Å². The first-order chi connectivity index (χ1) is 11.5. The Hall–Kier alpha value is -1.70. The van der Waals surface area contributed by atoms with Crippen LogP contribution < -0.4 is 11.5 Å². The Morgan fingerprint density at radius 3 is 1.64 bits per heavy atom. The zero-order chi connectivity index (χ0) is 20.4. The van der Waals surface area contributed by atoms with E-state index in [0.717, 1.165) is 0 Å². The van der Waals surface area contributed by atoms with Gasteiger partial charge in [0.15, 0.2) is 0 Å². The van der Waals surface area contributed by atoms with Gasteiger partial charge in [-0.3, -0.25) is 9.59 Å². The molecule has 0 aromatic heterocycles. The van der Waals surface area contributed by atoms with E-state index in [9.17, 15) is 9.59 Å². The fourth-order valence-electron chi connectivity index (χ4n) is 1.46. The summed E-state index contributed by atoms with van der Waals surface area (Å²) in [5.41, 5.74) is 10.8. The molecule has 0 rings (SSSR count). The van der Waals surface area contributed by atoms with E-state index in [4.69, 9.17) is 26.4 Å². The third-order valence-electron chi connectivity index (χ3n) is 2.54. The molecular weight excluding hydrogens is 324 g/mol. The standard InChI is InChI=1S/C9H17NO2.C6H13NO2.C3H6O/c1-4-5-12-9(11)8(10)6-7(2)3;1-4(2)3-5(7)6(8)9;1-2-3-4/h4,7-8H,1,5-6,10H2,2-3H3;4-5H,3,7H2,1-2H3,(H,8,9);2,4H,1,3H2/t8-;5-;/m00./s1. The number of nitrogens with two attached hydrogens (primary N) is 2. The van der Waals surface area contributed by atoms with E-state index in [1.54, 1.807) is 0 Å². The Labute approximate surface area is 151 Å². The molecule has 148 valence electrons. The zero-order valence-corrected chi connectivity index (χ0v) is 16.0. The average molecular weight is 360 g/mol. The zero-order valence-electron chi connectivity index (χ0n) is 16.0. The summed E-state index contributed by atoms with van der Waals surface area (Å²) in [7, 11) is 0. The number of carbonyl (C=O) groups is 2. The molecule has 0 fully saturated rings. The molecule has 0 aliphatic rings. The molecule has 0 amide bonds. The lowest BCUT2D eigenvalue weighted by Gasteiger charge is -2.11. The minimum Gasteiger partial charge on any atom is -0.480 e. The maximum atomic E-state index is 11.0. The quantitative estimate of drug-likeness (QED) is 0.363. The second-order valence-electron chi connectivity index (χ2n) is 6.20. The van der Waals surface area contributed by atoms with Crippen molar-refractivity contribution in [1.29, 1.82) is 0 Å². The lowest BCUT2D eigenvalue weighted by Crippen LogP contribution is -2.33. The molecule has 0 radical (unpaired) electrons. The topological polar surface area (TPSA) is 136 Å². The van der Waals surface area contributed by atoms with Crippen LogP contribution in [0.15, 0.2) is 25.3 Å². The van der Waals surface area contributed by atoms with Gasteiger partial charge >= 0.3 is 11.9 Å². The number of aliphatic carboxylic acids is 1. The SMILES string of the molecule is C=CCO.C=CCOC(=O)[C@@H](N)CC(C)C.CC(C)C[C@H](N)C(=O)O. The molecule has 0 aromatic rings. The predicted molar refractivity (Wildman–Crippen MR) is 101 cm³/mol. The maximum Gasteiger partial charge on any atom is 0.323 e. The van der Waals surface area contributed by atoms with Gasteiger partial charge in [-0.2, -0.15) is 0 Å². The van der Waals surface area contributed by atoms with Crippen molar-refractivity contribution in [3.63, 3.8) is 0 Å². The number of carboxylic acids is 1. The van der Waals surface area contributed by atoms with Gasteiger partial charge in [-0.1, -0.05) is 46.4 Å². The normalized spacial score (nSPS) is 12.0. The molecular formula is C18H36N2O5. The second-order valence-corrected chi connectivity index (χ2v) is 6.20. The minimum absolute atomic E-state index is 0.0833. The fraction of sp³-hybridized carbons (Fsp3) is 0.667. The summed E-state index contributed by atoms with van der Waals surface area (Å²) in [5.74, 6) is -0.486. The van der Waals surface area contributed by atoms with E-state index in [1.165, 1.54) is 12.2 Å². The number of hydrogen-bond acceptors (Lipinski definition) is 6. The van der Waals surface area contributed by atoms with Crippen molar-refractivity contribution < 1.29 is 24.5 Å². The number of rotatable bonds is 9. The first-order valence-corrected chi connectivity index (χ1v) is 8.26. The summed E-state index contributed by atoms with van der Waals surface area (Å²) in [6.45, 7) is 14.9. The van der Waals surface area contributed by atoms with Crippen LogP contribution in [-0.4, -0.2) is 47.4 Å². The van der Waals surface area contributed by atoms with Crippen molar-refractivity contribution in [1.82, 2.24) is 0 Å². The van der Waals surface area contributed by atoms with Crippen molar-refractivity contribution in [2.75, 3.05) is 13.2 Å². The molecule has 0 heterocycles. The van der Waals surface area contributed by atoms with Gasteiger partial charge in [-0.15, -0.1) is 6.58 Å². The van der Waals surface area contributed by atoms with Gasteiger partial charge < -0.3 is 26.4 Å². The number of carboxylic acid groups (broad SMARTS) is 1. The van der Waals surface area contributed by atoms with Gasteiger partial charge in [-0.05, 0) is 24.7 Å². The van der Waals surface area contributed by atoms with Crippen molar-refractivity contribution in [2.24, 2.45) is 23.3 Å². The molecule has 0 spiro atoms. The number of aliphatic hydroxyl groups excluding tert-OH is 1. The Morgan fingerprint density at radius 1 is 1.00 bits per heavy atom. The van der Waals surface area contributed by atoms with E-state index in [0.29, 0.717) is 24.7 Å². The van der Waals surface area contributed by atoms with Crippen LogP contribution in [0, 0.1) is 11.8 Å². The van der Waals surface area contributed by atoms with Crippen LogP contribution in [-0.2, 0) is 14.3 Å². The van der Waals surface area contributed by atoms with Gasteiger partial charge in [0.25, 0.3) is 0 Å². The number of aliphatic hydroxyl groups is 1.